The molecule has 1 heterocycles. The summed E-state index contributed by atoms with van der Waals surface area (Å²) in [5.41, 5.74) is 1.31. The highest BCUT2D eigenvalue weighted by Crippen LogP contribution is 2.28. The standard InChI is InChI=1S/C17H27N3O/c1-18-17(14-4-3-5-16(12-14)21-2)13-19-8-10-20(11-9-19)15-6-7-15/h3-5,12,15,17-18H,6-11,13H2,1-2H3. The van der Waals surface area contributed by atoms with E-state index in [0.717, 1.165) is 18.3 Å². The van der Waals surface area contributed by atoms with Crippen molar-refractivity contribution in [2.75, 3.05) is 46.9 Å². The maximum atomic E-state index is 5.34. The van der Waals surface area contributed by atoms with E-state index >= 15 is 0 Å². The number of hydrogen-bond donors (Lipinski definition) is 1. The number of hydrogen-bond acceptors (Lipinski definition) is 4. The van der Waals surface area contributed by atoms with E-state index in [1.165, 1.54) is 44.6 Å². The third-order valence-electron chi connectivity index (χ3n) is 4.76. The smallest absolute Gasteiger partial charge is 0.119 e. The predicted octanol–water partition coefficient (Wildman–Crippen LogP) is 1.74. The Labute approximate surface area is 128 Å². The molecule has 2 aliphatic rings. The van der Waals surface area contributed by atoms with Gasteiger partial charge in [-0.05, 0) is 37.6 Å². The lowest BCUT2D eigenvalue weighted by atomic mass is 10.1. The molecule has 1 aromatic rings. The summed E-state index contributed by atoms with van der Waals surface area (Å²) in [4.78, 5) is 5.25. The summed E-state index contributed by atoms with van der Waals surface area (Å²) in [6.45, 7) is 5.93. The van der Waals surface area contributed by atoms with E-state index in [0.29, 0.717) is 6.04 Å². The highest BCUT2D eigenvalue weighted by atomic mass is 16.5. The van der Waals surface area contributed by atoms with Crippen molar-refractivity contribution in [3.05, 3.63) is 29.8 Å². The number of methoxy groups -OCH3 is 1. The van der Waals surface area contributed by atoms with Crippen LogP contribution in [-0.2, 0) is 0 Å². The summed E-state index contributed by atoms with van der Waals surface area (Å²) in [5, 5.41) is 3.45. The van der Waals surface area contributed by atoms with Crippen LogP contribution in [0.1, 0.15) is 24.4 Å². The molecule has 0 amide bonds. The molecule has 1 N–H and O–H groups in total. The third kappa shape index (κ3) is 3.76. The summed E-state index contributed by atoms with van der Waals surface area (Å²) >= 11 is 0. The Morgan fingerprint density at radius 3 is 2.62 bits per heavy atom. The molecule has 1 atom stereocenters. The topological polar surface area (TPSA) is 27.7 Å². The molecule has 4 heteroatoms. The van der Waals surface area contributed by atoms with Gasteiger partial charge in [-0.25, -0.2) is 0 Å². The molecule has 2 fully saturated rings. The van der Waals surface area contributed by atoms with Crippen LogP contribution < -0.4 is 10.1 Å². The van der Waals surface area contributed by atoms with E-state index in [-0.39, 0.29) is 0 Å². The van der Waals surface area contributed by atoms with Gasteiger partial charge in [0.25, 0.3) is 0 Å². The Hall–Kier alpha value is -1.10. The van der Waals surface area contributed by atoms with Crippen molar-refractivity contribution in [2.45, 2.75) is 24.9 Å². The zero-order chi connectivity index (χ0) is 14.7. The second-order valence-corrected chi connectivity index (χ2v) is 6.19. The van der Waals surface area contributed by atoms with E-state index in [1.54, 1.807) is 7.11 Å². The molecule has 4 nitrogen and oxygen atoms in total. The second kappa shape index (κ2) is 6.77. The van der Waals surface area contributed by atoms with E-state index < -0.39 is 0 Å². The fraction of sp³-hybridized carbons (Fsp3) is 0.647. The molecule has 1 saturated heterocycles. The van der Waals surface area contributed by atoms with Crippen LogP contribution in [0.3, 0.4) is 0 Å². The Kier molecular flexibility index (Phi) is 4.78. The van der Waals surface area contributed by atoms with Crippen LogP contribution in [0.2, 0.25) is 0 Å². The Morgan fingerprint density at radius 2 is 2.00 bits per heavy atom. The maximum absolute atomic E-state index is 5.34. The average Bonchev–Trinajstić information content (AvgIpc) is 3.38. The summed E-state index contributed by atoms with van der Waals surface area (Å²) in [7, 11) is 3.77. The van der Waals surface area contributed by atoms with Crippen LogP contribution in [0.4, 0.5) is 0 Å². The number of rotatable bonds is 6. The number of nitrogens with one attached hydrogen (secondary N) is 1. The predicted molar refractivity (Wildman–Crippen MR) is 85.8 cm³/mol. The first-order valence-corrected chi connectivity index (χ1v) is 8.08. The van der Waals surface area contributed by atoms with Gasteiger partial charge in [0.15, 0.2) is 0 Å². The minimum atomic E-state index is 0.368. The number of likely N-dealkylation sites (N-methyl/N-ethyl adjacent to an activating group) is 1. The average molecular weight is 289 g/mol. The van der Waals surface area contributed by atoms with E-state index in [9.17, 15) is 0 Å². The van der Waals surface area contributed by atoms with Crippen LogP contribution in [0.25, 0.3) is 0 Å². The van der Waals surface area contributed by atoms with Crippen LogP contribution >= 0.6 is 0 Å². The van der Waals surface area contributed by atoms with Gasteiger partial charge >= 0.3 is 0 Å². The van der Waals surface area contributed by atoms with Gasteiger partial charge in [-0.1, -0.05) is 12.1 Å². The van der Waals surface area contributed by atoms with Crippen LogP contribution in [0.5, 0.6) is 5.75 Å². The molecule has 1 aliphatic heterocycles. The first-order chi connectivity index (χ1) is 10.3. The van der Waals surface area contributed by atoms with Crippen molar-refractivity contribution < 1.29 is 4.74 Å². The molecule has 0 bridgehead atoms. The highest BCUT2D eigenvalue weighted by molar-refractivity contribution is 5.30. The molecule has 1 aliphatic carbocycles. The van der Waals surface area contributed by atoms with Gasteiger partial charge in [-0.15, -0.1) is 0 Å². The summed E-state index contributed by atoms with van der Waals surface area (Å²) in [6.07, 6.45) is 2.84. The fourth-order valence-electron chi connectivity index (χ4n) is 3.23. The Bertz CT molecular complexity index is 453. The quantitative estimate of drug-likeness (QED) is 0.863. The molecule has 0 spiro atoms. The van der Waals surface area contributed by atoms with Crippen LogP contribution in [0.15, 0.2) is 24.3 Å². The molecule has 1 unspecified atom stereocenters. The van der Waals surface area contributed by atoms with Gasteiger partial charge in [0, 0.05) is 44.8 Å². The monoisotopic (exact) mass is 289 g/mol. The van der Waals surface area contributed by atoms with Gasteiger partial charge < -0.3 is 10.1 Å². The Morgan fingerprint density at radius 1 is 1.24 bits per heavy atom. The zero-order valence-electron chi connectivity index (χ0n) is 13.2. The molecule has 21 heavy (non-hydrogen) atoms. The van der Waals surface area contributed by atoms with E-state index in [4.69, 9.17) is 4.74 Å². The highest BCUT2D eigenvalue weighted by Gasteiger charge is 2.31. The lowest BCUT2D eigenvalue weighted by Gasteiger charge is -2.36. The van der Waals surface area contributed by atoms with Crippen molar-refractivity contribution in [3.8, 4) is 5.75 Å². The second-order valence-electron chi connectivity index (χ2n) is 6.19. The molecule has 116 valence electrons. The van der Waals surface area contributed by atoms with Gasteiger partial charge in [0.2, 0.25) is 0 Å². The van der Waals surface area contributed by atoms with Gasteiger partial charge in [-0.3, -0.25) is 9.80 Å². The summed E-state index contributed by atoms with van der Waals surface area (Å²) < 4.78 is 5.34. The van der Waals surface area contributed by atoms with Crippen molar-refractivity contribution in [2.24, 2.45) is 0 Å². The SMILES string of the molecule is CNC(CN1CCN(C2CC2)CC1)c1cccc(OC)c1. The third-order valence-corrected chi connectivity index (χ3v) is 4.76. The van der Waals surface area contributed by atoms with Gasteiger partial charge in [0.1, 0.15) is 5.75 Å². The van der Waals surface area contributed by atoms with Crippen LogP contribution in [0, 0.1) is 0 Å². The van der Waals surface area contributed by atoms with Crippen molar-refractivity contribution >= 4 is 0 Å². The molecular formula is C17H27N3O. The van der Waals surface area contributed by atoms with Gasteiger partial charge in [0.05, 0.1) is 7.11 Å². The number of ether oxygens (including phenoxy) is 1. The van der Waals surface area contributed by atoms with Crippen molar-refractivity contribution in [1.29, 1.82) is 0 Å². The molecule has 1 saturated carbocycles. The molecule has 0 radical (unpaired) electrons. The first kappa shape index (κ1) is 14.8. The lowest BCUT2D eigenvalue weighted by molar-refractivity contribution is 0.118. The van der Waals surface area contributed by atoms with Gasteiger partial charge in [-0.2, -0.15) is 0 Å². The normalized spacial score (nSPS) is 22.2. The fourth-order valence-corrected chi connectivity index (χ4v) is 3.23. The zero-order valence-corrected chi connectivity index (χ0v) is 13.2. The van der Waals surface area contributed by atoms with E-state index in [1.807, 2.05) is 13.1 Å². The van der Waals surface area contributed by atoms with Crippen molar-refractivity contribution in [3.63, 3.8) is 0 Å². The molecule has 1 aromatic carbocycles. The van der Waals surface area contributed by atoms with E-state index in [2.05, 4.69) is 33.3 Å². The summed E-state index contributed by atoms with van der Waals surface area (Å²) in [5.74, 6) is 0.936. The molecular weight excluding hydrogens is 262 g/mol. The summed E-state index contributed by atoms with van der Waals surface area (Å²) in [6, 6.07) is 9.68. The lowest BCUT2D eigenvalue weighted by Crippen LogP contribution is -2.49. The van der Waals surface area contributed by atoms with Crippen LogP contribution in [-0.4, -0.2) is 62.7 Å². The number of nitrogens with zero attached hydrogens (tertiary/aromatic N) is 2. The largest absolute Gasteiger partial charge is 0.497 e. The molecule has 3 rings (SSSR count). The number of piperazine rings is 1. The number of benzene rings is 1. The van der Waals surface area contributed by atoms with Crippen molar-refractivity contribution in [1.82, 2.24) is 15.1 Å². The minimum absolute atomic E-state index is 0.368. The first-order valence-electron chi connectivity index (χ1n) is 8.08. The Balaban J connectivity index is 1.56. The minimum Gasteiger partial charge on any atom is -0.497 e. The molecule has 0 aromatic heterocycles. The maximum Gasteiger partial charge on any atom is 0.119 e.